The van der Waals surface area contributed by atoms with Gasteiger partial charge in [-0.2, -0.15) is 0 Å². The molecule has 1 aliphatic rings. The number of nitrogens with one attached hydrogen (secondary N) is 1. The summed E-state index contributed by atoms with van der Waals surface area (Å²) in [5.41, 5.74) is 0. The minimum Gasteiger partial charge on any atom is -0.383 e. The van der Waals surface area contributed by atoms with Crippen molar-refractivity contribution >= 4 is 0 Å². The van der Waals surface area contributed by atoms with Crippen molar-refractivity contribution in [2.75, 3.05) is 26.8 Å². The molecule has 1 N–H and O–H groups in total. The molecule has 5 heteroatoms. The Morgan fingerprint density at radius 1 is 1.67 bits per heavy atom. The van der Waals surface area contributed by atoms with Crippen LogP contribution in [0.25, 0.3) is 0 Å². The van der Waals surface area contributed by atoms with Gasteiger partial charge in [0.05, 0.1) is 6.61 Å². The first kappa shape index (κ1) is 10.6. The molecule has 2 heterocycles. The largest absolute Gasteiger partial charge is 0.383 e. The molecule has 15 heavy (non-hydrogen) atoms. The fourth-order valence-electron chi connectivity index (χ4n) is 1.85. The molecule has 1 saturated heterocycles. The standard InChI is InChI=1S/C10H18N4O/c1-8(9-5-11-6-9)10-13-12-7-14(10)3-4-15-2/h7-9,11H,3-6H2,1-2H3. The van der Waals surface area contributed by atoms with Gasteiger partial charge in [0.15, 0.2) is 0 Å². The van der Waals surface area contributed by atoms with Crippen LogP contribution in [0.1, 0.15) is 18.7 Å². The molecule has 5 nitrogen and oxygen atoms in total. The average molecular weight is 210 g/mol. The molecule has 0 spiro atoms. The van der Waals surface area contributed by atoms with Crippen molar-refractivity contribution in [2.45, 2.75) is 19.4 Å². The van der Waals surface area contributed by atoms with Crippen LogP contribution in [-0.2, 0) is 11.3 Å². The highest BCUT2D eigenvalue weighted by Gasteiger charge is 2.27. The van der Waals surface area contributed by atoms with E-state index in [0.29, 0.717) is 18.4 Å². The van der Waals surface area contributed by atoms with Crippen molar-refractivity contribution in [3.63, 3.8) is 0 Å². The fraction of sp³-hybridized carbons (Fsp3) is 0.800. The van der Waals surface area contributed by atoms with Gasteiger partial charge in [-0.1, -0.05) is 6.92 Å². The van der Waals surface area contributed by atoms with Crippen molar-refractivity contribution in [3.8, 4) is 0 Å². The van der Waals surface area contributed by atoms with Crippen LogP contribution in [0.3, 0.4) is 0 Å². The molecule has 1 unspecified atom stereocenters. The fourth-order valence-corrected chi connectivity index (χ4v) is 1.85. The molecule has 1 aromatic rings. The maximum absolute atomic E-state index is 5.06. The van der Waals surface area contributed by atoms with E-state index >= 15 is 0 Å². The van der Waals surface area contributed by atoms with E-state index in [0.717, 1.165) is 25.5 Å². The van der Waals surface area contributed by atoms with Crippen molar-refractivity contribution in [1.82, 2.24) is 20.1 Å². The lowest BCUT2D eigenvalue weighted by Crippen LogP contribution is -2.45. The van der Waals surface area contributed by atoms with E-state index in [1.165, 1.54) is 0 Å². The van der Waals surface area contributed by atoms with Gasteiger partial charge in [0.25, 0.3) is 0 Å². The topological polar surface area (TPSA) is 52.0 Å². The normalized spacial score (nSPS) is 18.8. The number of ether oxygens (including phenoxy) is 1. The van der Waals surface area contributed by atoms with Crippen LogP contribution in [0, 0.1) is 5.92 Å². The van der Waals surface area contributed by atoms with E-state index in [9.17, 15) is 0 Å². The molecule has 2 rings (SSSR count). The maximum atomic E-state index is 5.06. The van der Waals surface area contributed by atoms with Crippen molar-refractivity contribution < 1.29 is 4.74 Å². The third-order valence-electron chi connectivity index (χ3n) is 3.11. The Kier molecular flexibility index (Phi) is 3.33. The van der Waals surface area contributed by atoms with Gasteiger partial charge in [0.2, 0.25) is 0 Å². The SMILES string of the molecule is COCCn1cnnc1C(C)C1CNC1. The Morgan fingerprint density at radius 3 is 3.07 bits per heavy atom. The van der Waals surface area contributed by atoms with Crippen LogP contribution in [0.5, 0.6) is 0 Å². The van der Waals surface area contributed by atoms with Crippen LogP contribution in [0.4, 0.5) is 0 Å². The molecule has 1 aromatic heterocycles. The minimum atomic E-state index is 0.477. The van der Waals surface area contributed by atoms with Crippen LogP contribution in [0.15, 0.2) is 6.33 Å². The highest BCUT2D eigenvalue weighted by atomic mass is 16.5. The Morgan fingerprint density at radius 2 is 2.47 bits per heavy atom. The zero-order valence-electron chi connectivity index (χ0n) is 9.31. The van der Waals surface area contributed by atoms with Gasteiger partial charge in [-0.25, -0.2) is 0 Å². The van der Waals surface area contributed by atoms with E-state index in [1.807, 2.05) is 0 Å². The number of hydrogen-bond acceptors (Lipinski definition) is 4. The summed E-state index contributed by atoms with van der Waals surface area (Å²) in [5.74, 6) is 2.26. The van der Waals surface area contributed by atoms with Gasteiger partial charge in [-0.15, -0.1) is 10.2 Å². The highest BCUT2D eigenvalue weighted by Crippen LogP contribution is 2.25. The second-order valence-corrected chi connectivity index (χ2v) is 4.08. The number of hydrogen-bond donors (Lipinski definition) is 1. The number of aromatic nitrogens is 3. The van der Waals surface area contributed by atoms with Gasteiger partial charge < -0.3 is 14.6 Å². The van der Waals surface area contributed by atoms with Crippen molar-refractivity contribution in [1.29, 1.82) is 0 Å². The third-order valence-corrected chi connectivity index (χ3v) is 3.11. The minimum absolute atomic E-state index is 0.477. The predicted molar refractivity (Wildman–Crippen MR) is 56.7 cm³/mol. The van der Waals surface area contributed by atoms with E-state index < -0.39 is 0 Å². The second-order valence-electron chi connectivity index (χ2n) is 4.08. The number of methoxy groups -OCH3 is 1. The molecule has 1 aliphatic heterocycles. The summed E-state index contributed by atoms with van der Waals surface area (Å²) >= 11 is 0. The quantitative estimate of drug-likeness (QED) is 0.757. The average Bonchev–Trinajstić information content (AvgIpc) is 2.59. The molecule has 1 fully saturated rings. The number of rotatable bonds is 5. The van der Waals surface area contributed by atoms with Crippen LogP contribution in [0.2, 0.25) is 0 Å². The highest BCUT2D eigenvalue weighted by molar-refractivity contribution is 5.01. The van der Waals surface area contributed by atoms with E-state index in [2.05, 4.69) is 27.0 Å². The Hall–Kier alpha value is -0.940. The summed E-state index contributed by atoms with van der Waals surface area (Å²) < 4.78 is 7.15. The Bertz CT molecular complexity index is 308. The lowest BCUT2D eigenvalue weighted by molar-refractivity contribution is 0.184. The van der Waals surface area contributed by atoms with E-state index in [1.54, 1.807) is 13.4 Å². The molecule has 0 amide bonds. The zero-order chi connectivity index (χ0) is 10.7. The van der Waals surface area contributed by atoms with Gasteiger partial charge >= 0.3 is 0 Å². The Labute approximate surface area is 89.8 Å². The molecule has 0 bridgehead atoms. The van der Waals surface area contributed by atoms with Crippen molar-refractivity contribution in [2.24, 2.45) is 5.92 Å². The molecule has 1 atom stereocenters. The number of nitrogens with zero attached hydrogens (tertiary/aromatic N) is 3. The molecular weight excluding hydrogens is 192 g/mol. The van der Waals surface area contributed by atoms with Gasteiger partial charge in [-0.05, 0) is 19.0 Å². The molecule has 0 saturated carbocycles. The molecule has 0 aromatic carbocycles. The van der Waals surface area contributed by atoms with Gasteiger partial charge in [-0.3, -0.25) is 0 Å². The third kappa shape index (κ3) is 2.18. The summed E-state index contributed by atoms with van der Waals surface area (Å²) in [5, 5.41) is 11.5. The first-order valence-electron chi connectivity index (χ1n) is 5.40. The van der Waals surface area contributed by atoms with Crippen molar-refractivity contribution in [3.05, 3.63) is 12.2 Å². The van der Waals surface area contributed by atoms with Gasteiger partial charge in [0, 0.05) is 19.6 Å². The van der Waals surface area contributed by atoms with Crippen LogP contribution in [-0.4, -0.2) is 41.6 Å². The van der Waals surface area contributed by atoms with Crippen LogP contribution < -0.4 is 5.32 Å². The molecular formula is C10H18N4O. The summed E-state index contributed by atoms with van der Waals surface area (Å²) in [6.07, 6.45) is 1.79. The first-order valence-corrected chi connectivity index (χ1v) is 5.40. The smallest absolute Gasteiger partial charge is 0.136 e. The maximum Gasteiger partial charge on any atom is 0.136 e. The van der Waals surface area contributed by atoms with Gasteiger partial charge in [0.1, 0.15) is 12.2 Å². The monoisotopic (exact) mass is 210 g/mol. The lowest BCUT2D eigenvalue weighted by atomic mass is 9.88. The summed E-state index contributed by atoms with van der Waals surface area (Å²) in [4.78, 5) is 0. The summed E-state index contributed by atoms with van der Waals surface area (Å²) in [6.45, 7) is 5.96. The summed E-state index contributed by atoms with van der Waals surface area (Å²) in [7, 11) is 1.71. The lowest BCUT2D eigenvalue weighted by Gasteiger charge is -2.32. The van der Waals surface area contributed by atoms with E-state index in [4.69, 9.17) is 4.74 Å². The van der Waals surface area contributed by atoms with Crippen LogP contribution >= 0.6 is 0 Å². The summed E-state index contributed by atoms with van der Waals surface area (Å²) in [6, 6.07) is 0. The predicted octanol–water partition coefficient (Wildman–Crippen LogP) is 0.247. The molecule has 0 aliphatic carbocycles. The Balaban J connectivity index is 2.02. The first-order chi connectivity index (χ1) is 7.33. The second kappa shape index (κ2) is 4.72. The zero-order valence-corrected chi connectivity index (χ0v) is 9.31. The molecule has 84 valence electrons. The van der Waals surface area contributed by atoms with E-state index in [-0.39, 0.29) is 0 Å². The molecule has 0 radical (unpaired) electrons.